The fourth-order valence-electron chi connectivity index (χ4n) is 2.35. The molecule has 3 rings (SSSR count). The van der Waals surface area contributed by atoms with Crippen LogP contribution in [-0.2, 0) is 0 Å². The highest BCUT2D eigenvalue weighted by Crippen LogP contribution is 2.18. The Hall–Kier alpha value is -3.54. The lowest BCUT2D eigenvalue weighted by Gasteiger charge is -2.09. The van der Waals surface area contributed by atoms with Gasteiger partial charge in [0, 0.05) is 28.8 Å². The van der Waals surface area contributed by atoms with Gasteiger partial charge in [-0.1, -0.05) is 6.07 Å². The number of rotatable bonds is 5. The first-order chi connectivity index (χ1) is 12.5. The fraction of sp³-hybridized carbons (Fsp3) is 0.0500. The van der Waals surface area contributed by atoms with E-state index in [0.717, 1.165) is 5.69 Å². The van der Waals surface area contributed by atoms with Crippen molar-refractivity contribution in [2.75, 3.05) is 10.6 Å². The van der Waals surface area contributed by atoms with E-state index in [9.17, 15) is 14.0 Å². The molecule has 6 heteroatoms. The Morgan fingerprint density at radius 1 is 0.923 bits per heavy atom. The first-order valence-electron chi connectivity index (χ1n) is 7.92. The van der Waals surface area contributed by atoms with E-state index in [0.29, 0.717) is 16.9 Å². The van der Waals surface area contributed by atoms with Gasteiger partial charge in [-0.25, -0.2) is 4.39 Å². The van der Waals surface area contributed by atoms with E-state index in [1.807, 2.05) is 0 Å². The lowest BCUT2D eigenvalue weighted by Crippen LogP contribution is -2.13. The molecular weight excluding hydrogens is 333 g/mol. The average Bonchev–Trinajstić information content (AvgIpc) is 2.62. The van der Waals surface area contributed by atoms with Gasteiger partial charge in [0.05, 0.1) is 0 Å². The van der Waals surface area contributed by atoms with Crippen molar-refractivity contribution in [2.24, 2.45) is 0 Å². The third kappa shape index (κ3) is 4.30. The van der Waals surface area contributed by atoms with Crippen molar-refractivity contribution in [3.8, 4) is 0 Å². The molecule has 130 valence electrons. The molecule has 0 aliphatic rings. The van der Waals surface area contributed by atoms with E-state index < -0.39 is 11.7 Å². The predicted octanol–water partition coefficient (Wildman–Crippen LogP) is 4.42. The molecule has 0 bridgehead atoms. The number of hydrogen-bond acceptors (Lipinski definition) is 4. The van der Waals surface area contributed by atoms with Gasteiger partial charge in [0.1, 0.15) is 11.5 Å². The number of hydrogen-bond donors (Lipinski definition) is 2. The summed E-state index contributed by atoms with van der Waals surface area (Å²) in [7, 11) is 0. The van der Waals surface area contributed by atoms with Gasteiger partial charge in [0.15, 0.2) is 5.78 Å². The largest absolute Gasteiger partial charge is 0.355 e. The van der Waals surface area contributed by atoms with Crippen molar-refractivity contribution < 1.29 is 14.0 Å². The van der Waals surface area contributed by atoms with Gasteiger partial charge in [-0.3, -0.25) is 14.6 Å². The summed E-state index contributed by atoms with van der Waals surface area (Å²) < 4.78 is 13.2. The molecule has 0 unspecified atom stereocenters. The minimum Gasteiger partial charge on any atom is -0.355 e. The Morgan fingerprint density at radius 3 is 2.38 bits per heavy atom. The Bertz CT molecular complexity index is 955. The van der Waals surface area contributed by atoms with Gasteiger partial charge >= 0.3 is 0 Å². The Kier molecular flexibility index (Phi) is 5.03. The van der Waals surface area contributed by atoms with Crippen molar-refractivity contribution in [3.05, 3.63) is 83.9 Å². The normalized spacial score (nSPS) is 10.2. The summed E-state index contributed by atoms with van der Waals surface area (Å²) in [6.45, 7) is 1.51. The number of ketones is 1. The number of amides is 1. The molecule has 0 saturated carbocycles. The van der Waals surface area contributed by atoms with Crippen molar-refractivity contribution in [2.45, 2.75) is 6.92 Å². The van der Waals surface area contributed by atoms with Crippen molar-refractivity contribution in [1.29, 1.82) is 0 Å². The summed E-state index contributed by atoms with van der Waals surface area (Å²) in [4.78, 5) is 27.6. The summed E-state index contributed by atoms with van der Waals surface area (Å²) in [5.74, 6) is -0.872. The van der Waals surface area contributed by atoms with Crippen LogP contribution in [0.3, 0.4) is 0 Å². The lowest BCUT2D eigenvalue weighted by molar-refractivity contribution is 0.101. The highest BCUT2D eigenvalue weighted by Gasteiger charge is 2.09. The average molecular weight is 349 g/mol. The van der Waals surface area contributed by atoms with Crippen LogP contribution in [0.2, 0.25) is 0 Å². The smallest absolute Gasteiger partial charge is 0.274 e. The van der Waals surface area contributed by atoms with E-state index in [-0.39, 0.29) is 11.5 Å². The van der Waals surface area contributed by atoms with Gasteiger partial charge in [0.25, 0.3) is 5.91 Å². The molecule has 5 nitrogen and oxygen atoms in total. The molecule has 0 fully saturated rings. The van der Waals surface area contributed by atoms with Gasteiger partial charge in [-0.15, -0.1) is 0 Å². The van der Waals surface area contributed by atoms with Gasteiger partial charge in [0.2, 0.25) is 0 Å². The van der Waals surface area contributed by atoms with Crippen LogP contribution in [0.5, 0.6) is 0 Å². The molecule has 26 heavy (non-hydrogen) atoms. The topological polar surface area (TPSA) is 71.1 Å². The fourth-order valence-corrected chi connectivity index (χ4v) is 2.35. The van der Waals surface area contributed by atoms with Gasteiger partial charge < -0.3 is 10.6 Å². The van der Waals surface area contributed by atoms with E-state index in [1.165, 1.54) is 31.3 Å². The van der Waals surface area contributed by atoms with Crippen molar-refractivity contribution in [1.82, 2.24) is 4.98 Å². The summed E-state index contributed by atoms with van der Waals surface area (Å²) in [5.41, 5.74) is 2.62. The second kappa shape index (κ2) is 7.57. The zero-order valence-electron chi connectivity index (χ0n) is 14.0. The maximum atomic E-state index is 13.2. The summed E-state index contributed by atoms with van der Waals surface area (Å²) >= 11 is 0. The second-order valence-electron chi connectivity index (χ2n) is 5.65. The van der Waals surface area contributed by atoms with Crippen LogP contribution in [0.25, 0.3) is 0 Å². The Morgan fingerprint density at radius 2 is 1.69 bits per heavy atom. The van der Waals surface area contributed by atoms with Gasteiger partial charge in [-0.2, -0.15) is 0 Å². The predicted molar refractivity (Wildman–Crippen MR) is 98.3 cm³/mol. The molecule has 0 aliphatic carbocycles. The zero-order chi connectivity index (χ0) is 18.5. The number of Topliss-reactive ketones (excluding diaryl/α,β-unsaturated/α-hetero) is 1. The quantitative estimate of drug-likeness (QED) is 0.669. The van der Waals surface area contributed by atoms with Crippen LogP contribution >= 0.6 is 0 Å². The van der Waals surface area contributed by atoms with E-state index in [4.69, 9.17) is 0 Å². The maximum Gasteiger partial charge on any atom is 0.274 e. The third-order valence-electron chi connectivity index (χ3n) is 3.66. The van der Waals surface area contributed by atoms with E-state index >= 15 is 0 Å². The standard InChI is InChI=1S/C20H16FN3O2/c1-13(25)14-5-7-16(8-6-14)23-18-9-10-22-19(12-18)20(26)24-17-4-2-3-15(21)11-17/h2-12H,1H3,(H,22,23)(H,24,26). The molecule has 1 aromatic heterocycles. The van der Waals surface area contributed by atoms with Gasteiger partial charge in [-0.05, 0) is 61.5 Å². The number of carbonyl (C=O) groups is 2. The van der Waals surface area contributed by atoms with E-state index in [2.05, 4.69) is 15.6 Å². The lowest BCUT2D eigenvalue weighted by atomic mass is 10.1. The van der Waals surface area contributed by atoms with Crippen LogP contribution in [0, 0.1) is 5.82 Å². The molecule has 3 aromatic rings. The molecule has 2 aromatic carbocycles. The number of benzene rings is 2. The van der Waals surface area contributed by atoms with Crippen LogP contribution in [0.1, 0.15) is 27.8 Å². The number of halogens is 1. The molecule has 0 atom stereocenters. The monoisotopic (exact) mass is 349 g/mol. The number of carbonyl (C=O) groups excluding carboxylic acids is 2. The molecule has 1 amide bonds. The van der Waals surface area contributed by atoms with Crippen LogP contribution < -0.4 is 10.6 Å². The number of anilines is 3. The molecule has 0 radical (unpaired) electrons. The first-order valence-corrected chi connectivity index (χ1v) is 7.92. The maximum absolute atomic E-state index is 13.2. The minimum absolute atomic E-state index is 0.00299. The number of nitrogens with zero attached hydrogens (tertiary/aromatic N) is 1. The molecular formula is C20H16FN3O2. The summed E-state index contributed by atoms with van der Waals surface area (Å²) in [6.07, 6.45) is 1.51. The van der Waals surface area contributed by atoms with Crippen molar-refractivity contribution >= 4 is 28.8 Å². The number of pyridine rings is 1. The molecule has 2 N–H and O–H groups in total. The molecule has 0 saturated heterocycles. The number of nitrogens with one attached hydrogen (secondary N) is 2. The highest BCUT2D eigenvalue weighted by atomic mass is 19.1. The number of aromatic nitrogens is 1. The molecule has 1 heterocycles. The molecule has 0 aliphatic heterocycles. The third-order valence-corrected chi connectivity index (χ3v) is 3.66. The van der Waals surface area contributed by atoms with E-state index in [1.54, 1.807) is 42.5 Å². The zero-order valence-corrected chi connectivity index (χ0v) is 14.0. The summed E-state index contributed by atoms with van der Waals surface area (Å²) in [6, 6.07) is 16.0. The Labute approximate surface area is 149 Å². The van der Waals surface area contributed by atoms with Crippen LogP contribution in [0.4, 0.5) is 21.5 Å². The highest BCUT2D eigenvalue weighted by molar-refractivity contribution is 6.03. The Balaban J connectivity index is 1.73. The second-order valence-corrected chi connectivity index (χ2v) is 5.65. The SMILES string of the molecule is CC(=O)c1ccc(Nc2ccnc(C(=O)Nc3cccc(F)c3)c2)cc1. The van der Waals surface area contributed by atoms with Crippen LogP contribution in [0.15, 0.2) is 66.9 Å². The minimum atomic E-state index is -0.439. The molecule has 0 spiro atoms. The summed E-state index contributed by atoms with van der Waals surface area (Å²) in [5, 5.41) is 5.75. The van der Waals surface area contributed by atoms with Crippen LogP contribution in [-0.4, -0.2) is 16.7 Å². The first kappa shape index (κ1) is 17.3. The van der Waals surface area contributed by atoms with Crippen molar-refractivity contribution in [3.63, 3.8) is 0 Å².